The number of carbonyl (C=O) groups excluding carboxylic acids is 1. The number of aliphatic imine (C=N–C) groups is 1. The molecule has 2 heterocycles. The fourth-order valence-electron chi connectivity index (χ4n) is 3.01. The number of benzene rings is 1. The maximum Gasteiger partial charge on any atom is 0.327 e. The molecule has 2 aliphatic rings. The zero-order chi connectivity index (χ0) is 20.1. The van der Waals surface area contributed by atoms with E-state index in [4.69, 9.17) is 11.5 Å². The van der Waals surface area contributed by atoms with Crippen LogP contribution in [0.5, 0.6) is 0 Å². The first-order valence-corrected chi connectivity index (χ1v) is 10.4. The Hall–Kier alpha value is -2.65. The van der Waals surface area contributed by atoms with Gasteiger partial charge in [-0.25, -0.2) is 4.79 Å². The minimum absolute atomic E-state index is 0.124. The number of nitrogens with two attached hydrogens (primary N) is 2. The normalized spacial score (nSPS) is 19.1. The van der Waals surface area contributed by atoms with Gasteiger partial charge in [-0.1, -0.05) is 19.1 Å². The number of carbonyl (C=O) groups is 1. The Labute approximate surface area is 169 Å². The van der Waals surface area contributed by atoms with Crippen molar-refractivity contribution in [1.29, 1.82) is 0 Å². The summed E-state index contributed by atoms with van der Waals surface area (Å²) in [5.74, 6) is 0.469. The topological polar surface area (TPSA) is 121 Å². The summed E-state index contributed by atoms with van der Waals surface area (Å²) in [6, 6.07) is 7.82. The maximum absolute atomic E-state index is 12.4. The monoisotopic (exact) mass is 401 g/mol. The van der Waals surface area contributed by atoms with E-state index in [0.717, 1.165) is 34.9 Å². The minimum atomic E-state index is -0.143. The third kappa shape index (κ3) is 4.99. The van der Waals surface area contributed by atoms with Crippen LogP contribution in [0.2, 0.25) is 0 Å². The van der Waals surface area contributed by atoms with Crippen LogP contribution in [0, 0.1) is 5.92 Å². The van der Waals surface area contributed by atoms with Crippen molar-refractivity contribution in [2.24, 2.45) is 22.4 Å². The van der Waals surface area contributed by atoms with Crippen LogP contribution < -0.4 is 32.3 Å². The first kappa shape index (κ1) is 20.1. The molecular weight excluding hydrogens is 374 g/mol. The van der Waals surface area contributed by atoms with Crippen LogP contribution in [0.25, 0.3) is 0 Å². The van der Waals surface area contributed by atoms with Crippen LogP contribution in [0.4, 0.5) is 10.5 Å². The van der Waals surface area contributed by atoms with Gasteiger partial charge in [0, 0.05) is 24.9 Å². The van der Waals surface area contributed by atoms with E-state index in [1.54, 1.807) is 16.7 Å². The number of hydrogen-bond donors (Lipinski definition) is 5. The van der Waals surface area contributed by atoms with Gasteiger partial charge >= 0.3 is 6.03 Å². The number of guanidine groups is 1. The molecular formula is C19H27N7OS. The molecule has 1 aromatic carbocycles. The van der Waals surface area contributed by atoms with Gasteiger partial charge in [-0.3, -0.25) is 9.89 Å². The highest BCUT2D eigenvalue weighted by atomic mass is 32.2. The van der Waals surface area contributed by atoms with E-state index in [-0.39, 0.29) is 18.2 Å². The van der Waals surface area contributed by atoms with Crippen LogP contribution in [-0.2, 0) is 6.54 Å². The quantitative estimate of drug-likeness (QED) is 0.330. The molecule has 0 fully saturated rings. The van der Waals surface area contributed by atoms with Gasteiger partial charge in [-0.2, -0.15) is 0 Å². The van der Waals surface area contributed by atoms with Gasteiger partial charge < -0.3 is 27.4 Å². The molecule has 0 aliphatic carbocycles. The van der Waals surface area contributed by atoms with Gasteiger partial charge in [0.1, 0.15) is 6.17 Å². The molecule has 0 saturated carbocycles. The zero-order valence-corrected chi connectivity index (χ0v) is 16.9. The van der Waals surface area contributed by atoms with Crippen molar-refractivity contribution >= 4 is 29.4 Å². The lowest BCUT2D eigenvalue weighted by atomic mass is 10.1. The second-order valence-corrected chi connectivity index (χ2v) is 7.75. The summed E-state index contributed by atoms with van der Waals surface area (Å²) < 4.78 is 0. The smallest absolute Gasteiger partial charge is 0.327 e. The van der Waals surface area contributed by atoms with Gasteiger partial charge in [-0.05, 0) is 42.5 Å². The lowest BCUT2D eigenvalue weighted by Crippen LogP contribution is -2.51. The van der Waals surface area contributed by atoms with Gasteiger partial charge in [0.05, 0.1) is 10.7 Å². The Morgan fingerprint density at radius 2 is 2.07 bits per heavy atom. The third-order valence-corrected chi connectivity index (χ3v) is 5.20. The summed E-state index contributed by atoms with van der Waals surface area (Å²) in [6.45, 7) is 4.26. The molecule has 0 spiro atoms. The Bertz CT molecular complexity index is 799. The molecule has 0 radical (unpaired) electrons. The van der Waals surface area contributed by atoms with E-state index in [1.807, 2.05) is 36.7 Å². The number of thioether (sulfide) groups is 1. The highest BCUT2D eigenvalue weighted by Crippen LogP contribution is 2.27. The number of urea groups is 1. The zero-order valence-electron chi connectivity index (χ0n) is 16.1. The first-order chi connectivity index (χ1) is 13.5. The highest BCUT2D eigenvalue weighted by Gasteiger charge is 2.30. The van der Waals surface area contributed by atoms with Crippen molar-refractivity contribution in [2.75, 3.05) is 24.2 Å². The standard InChI is InChI=1S/C19H27N7OS/c1-12(9-23-18(20)21)8-22-10-13-3-5-15(6-4-13)26-11-14-7-16(28-2)24-17(14)25-19(26)27/h3-7,11-12,17,22,24H,8-10H2,1-2H3,(H,25,27)(H4,20,21,23). The van der Waals surface area contributed by atoms with Crippen molar-refractivity contribution < 1.29 is 4.79 Å². The van der Waals surface area contributed by atoms with Crippen LogP contribution in [-0.4, -0.2) is 37.5 Å². The van der Waals surface area contributed by atoms with Crippen molar-refractivity contribution in [3.63, 3.8) is 0 Å². The number of nitrogens with zero attached hydrogens (tertiary/aromatic N) is 2. The van der Waals surface area contributed by atoms with Crippen molar-refractivity contribution in [2.45, 2.75) is 19.6 Å². The number of fused-ring (bicyclic) bond motifs is 1. The number of rotatable bonds is 8. The van der Waals surface area contributed by atoms with Crippen LogP contribution in [0.1, 0.15) is 12.5 Å². The maximum atomic E-state index is 12.4. The van der Waals surface area contributed by atoms with Crippen LogP contribution in [0.15, 0.2) is 52.1 Å². The molecule has 2 unspecified atom stereocenters. The van der Waals surface area contributed by atoms with Gasteiger partial charge in [-0.15, -0.1) is 11.8 Å². The Kier molecular flexibility index (Phi) is 6.48. The van der Waals surface area contributed by atoms with E-state index in [9.17, 15) is 4.79 Å². The van der Waals surface area contributed by atoms with E-state index in [0.29, 0.717) is 12.5 Å². The molecule has 7 N–H and O–H groups in total. The number of anilines is 1. The third-order valence-electron chi connectivity index (χ3n) is 4.52. The van der Waals surface area contributed by atoms with E-state index < -0.39 is 0 Å². The average Bonchev–Trinajstić information content (AvgIpc) is 3.08. The Morgan fingerprint density at radius 3 is 2.75 bits per heavy atom. The first-order valence-electron chi connectivity index (χ1n) is 9.15. The molecule has 0 saturated heterocycles. The molecule has 1 aromatic rings. The second kappa shape index (κ2) is 9.03. The predicted octanol–water partition coefficient (Wildman–Crippen LogP) is 1.23. The molecule has 9 heteroatoms. The Balaban J connectivity index is 1.57. The van der Waals surface area contributed by atoms with E-state index >= 15 is 0 Å². The summed E-state index contributed by atoms with van der Waals surface area (Å²) in [5, 5.41) is 10.7. The van der Waals surface area contributed by atoms with Crippen molar-refractivity contribution in [3.8, 4) is 0 Å². The van der Waals surface area contributed by atoms with Gasteiger partial charge in [0.15, 0.2) is 5.96 Å². The van der Waals surface area contributed by atoms with Crippen LogP contribution >= 0.6 is 11.8 Å². The number of nitrogens with one attached hydrogen (secondary N) is 3. The highest BCUT2D eigenvalue weighted by molar-refractivity contribution is 8.02. The summed E-state index contributed by atoms with van der Waals surface area (Å²) in [5.41, 5.74) is 13.7. The van der Waals surface area contributed by atoms with Gasteiger partial charge in [0.25, 0.3) is 0 Å². The van der Waals surface area contributed by atoms with Gasteiger partial charge in [0.2, 0.25) is 0 Å². The average molecular weight is 402 g/mol. The van der Waals surface area contributed by atoms with Crippen LogP contribution in [0.3, 0.4) is 0 Å². The predicted molar refractivity (Wildman–Crippen MR) is 116 cm³/mol. The fourth-order valence-corrected chi connectivity index (χ4v) is 3.50. The summed E-state index contributed by atoms with van der Waals surface area (Å²) in [7, 11) is 0. The van der Waals surface area contributed by atoms with Crippen molar-refractivity contribution in [3.05, 3.63) is 52.7 Å². The number of amides is 2. The molecule has 150 valence electrons. The largest absolute Gasteiger partial charge is 0.370 e. The lowest BCUT2D eigenvalue weighted by molar-refractivity contribution is 0.244. The molecule has 3 rings (SSSR count). The van der Waals surface area contributed by atoms with E-state index in [1.165, 1.54) is 0 Å². The number of hydrogen-bond acceptors (Lipinski definition) is 5. The molecule has 0 aromatic heterocycles. The molecule has 8 nitrogen and oxygen atoms in total. The Morgan fingerprint density at radius 1 is 1.32 bits per heavy atom. The lowest BCUT2D eigenvalue weighted by Gasteiger charge is -2.29. The molecule has 2 amide bonds. The SMILES string of the molecule is CSC1=CC2=CN(c3ccc(CNCC(C)CN=C(N)N)cc3)C(=O)NC2N1. The van der Waals surface area contributed by atoms with Crippen molar-refractivity contribution in [1.82, 2.24) is 16.0 Å². The second-order valence-electron chi connectivity index (χ2n) is 6.91. The van der Waals surface area contributed by atoms with E-state index in [2.05, 4.69) is 33.9 Å². The summed E-state index contributed by atoms with van der Waals surface area (Å²) in [4.78, 5) is 18.1. The fraction of sp³-hybridized carbons (Fsp3) is 0.368. The molecule has 0 bridgehead atoms. The summed E-state index contributed by atoms with van der Waals surface area (Å²) >= 11 is 1.63. The minimum Gasteiger partial charge on any atom is -0.370 e. The molecule has 2 aliphatic heterocycles. The molecule has 28 heavy (non-hydrogen) atoms. The summed E-state index contributed by atoms with van der Waals surface area (Å²) in [6.07, 6.45) is 5.81. The molecule has 2 atom stereocenters.